The molecule has 0 saturated heterocycles. The van der Waals surface area contributed by atoms with E-state index in [0.29, 0.717) is 24.9 Å². The van der Waals surface area contributed by atoms with Gasteiger partial charge in [0.05, 0.1) is 5.56 Å². The molecule has 0 aromatic heterocycles. The first-order valence-electron chi connectivity index (χ1n) is 6.15. The summed E-state index contributed by atoms with van der Waals surface area (Å²) >= 11 is 0. The van der Waals surface area contributed by atoms with E-state index in [1.165, 1.54) is 25.0 Å². The zero-order valence-electron chi connectivity index (χ0n) is 10.5. The number of rotatable bonds is 6. The van der Waals surface area contributed by atoms with Gasteiger partial charge >= 0.3 is 6.18 Å². The van der Waals surface area contributed by atoms with Gasteiger partial charge in [-0.05, 0) is 42.7 Å². The maximum absolute atomic E-state index is 12.4. The Kier molecular flexibility index (Phi) is 4.14. The average molecular weight is 271 g/mol. The van der Waals surface area contributed by atoms with E-state index in [2.05, 4.69) is 11.9 Å². The Balaban J connectivity index is 1.77. The molecule has 1 aliphatic carbocycles. The summed E-state index contributed by atoms with van der Waals surface area (Å²) in [6.07, 6.45) is -1.91. The zero-order valence-corrected chi connectivity index (χ0v) is 10.5. The second-order valence-electron chi connectivity index (χ2n) is 4.72. The van der Waals surface area contributed by atoms with Gasteiger partial charge in [-0.2, -0.15) is 13.2 Å². The lowest BCUT2D eigenvalue weighted by molar-refractivity contribution is -0.137. The predicted molar refractivity (Wildman–Crippen MR) is 67.1 cm³/mol. The van der Waals surface area contributed by atoms with Gasteiger partial charge in [0.2, 0.25) is 0 Å². The number of nitrogens with one attached hydrogen (secondary N) is 1. The van der Waals surface area contributed by atoms with Gasteiger partial charge in [-0.1, -0.05) is 6.58 Å². The monoisotopic (exact) mass is 271 g/mol. The van der Waals surface area contributed by atoms with Gasteiger partial charge in [-0.3, -0.25) is 0 Å². The van der Waals surface area contributed by atoms with Gasteiger partial charge in [0, 0.05) is 12.6 Å². The summed E-state index contributed by atoms with van der Waals surface area (Å²) in [6, 6.07) is 5.28. The van der Waals surface area contributed by atoms with Crippen LogP contribution in [0.3, 0.4) is 0 Å². The van der Waals surface area contributed by atoms with Crippen molar-refractivity contribution in [3.63, 3.8) is 0 Å². The molecule has 1 aromatic carbocycles. The van der Waals surface area contributed by atoms with Crippen LogP contribution < -0.4 is 10.1 Å². The molecular formula is C14H16F3NO. The smallest absolute Gasteiger partial charge is 0.416 e. The topological polar surface area (TPSA) is 21.3 Å². The van der Waals surface area contributed by atoms with E-state index in [1.807, 2.05) is 0 Å². The summed E-state index contributed by atoms with van der Waals surface area (Å²) < 4.78 is 42.4. The van der Waals surface area contributed by atoms with Gasteiger partial charge in [0.25, 0.3) is 0 Å². The highest BCUT2D eigenvalue weighted by atomic mass is 19.4. The molecule has 1 aromatic rings. The summed E-state index contributed by atoms with van der Waals surface area (Å²) in [7, 11) is 0. The molecule has 5 heteroatoms. The van der Waals surface area contributed by atoms with Crippen molar-refractivity contribution < 1.29 is 17.9 Å². The highest BCUT2D eigenvalue weighted by Gasteiger charge is 2.30. The quantitative estimate of drug-likeness (QED) is 0.801. The molecule has 1 N–H and O–H groups in total. The minimum Gasteiger partial charge on any atom is -0.489 e. The highest BCUT2D eigenvalue weighted by molar-refractivity contribution is 5.29. The Labute approximate surface area is 110 Å². The van der Waals surface area contributed by atoms with E-state index in [4.69, 9.17) is 4.74 Å². The molecule has 0 unspecified atom stereocenters. The lowest BCUT2D eigenvalue weighted by Gasteiger charge is -2.11. The number of ether oxygens (including phenoxy) is 1. The fourth-order valence-electron chi connectivity index (χ4n) is 1.55. The number of hydrogen-bond donors (Lipinski definition) is 1. The van der Waals surface area contributed by atoms with E-state index in [-0.39, 0.29) is 0 Å². The van der Waals surface area contributed by atoms with E-state index in [0.717, 1.165) is 17.7 Å². The van der Waals surface area contributed by atoms with Gasteiger partial charge < -0.3 is 10.1 Å². The molecule has 2 rings (SSSR count). The van der Waals surface area contributed by atoms with Crippen LogP contribution >= 0.6 is 0 Å². The molecule has 104 valence electrons. The van der Waals surface area contributed by atoms with Crippen molar-refractivity contribution in [3.05, 3.63) is 42.0 Å². The van der Waals surface area contributed by atoms with Crippen LogP contribution in [0, 0.1) is 0 Å². The van der Waals surface area contributed by atoms with Gasteiger partial charge in [0.1, 0.15) is 12.4 Å². The van der Waals surface area contributed by atoms with E-state index in [9.17, 15) is 13.2 Å². The molecule has 0 bridgehead atoms. The van der Waals surface area contributed by atoms with Crippen LogP contribution in [-0.4, -0.2) is 19.2 Å². The molecule has 0 amide bonds. The highest BCUT2D eigenvalue weighted by Crippen LogP contribution is 2.30. The molecule has 0 atom stereocenters. The van der Waals surface area contributed by atoms with E-state index < -0.39 is 11.7 Å². The van der Waals surface area contributed by atoms with Crippen LogP contribution in [0.4, 0.5) is 13.2 Å². The molecule has 19 heavy (non-hydrogen) atoms. The van der Waals surface area contributed by atoms with Crippen molar-refractivity contribution in [2.24, 2.45) is 0 Å². The van der Waals surface area contributed by atoms with Gasteiger partial charge in [-0.15, -0.1) is 0 Å². The second-order valence-corrected chi connectivity index (χ2v) is 4.72. The van der Waals surface area contributed by atoms with Gasteiger partial charge in [0.15, 0.2) is 0 Å². The minimum absolute atomic E-state index is 0.311. The van der Waals surface area contributed by atoms with Crippen LogP contribution in [0.5, 0.6) is 5.75 Å². The fraction of sp³-hybridized carbons (Fsp3) is 0.429. The van der Waals surface area contributed by atoms with Crippen molar-refractivity contribution in [2.75, 3.05) is 13.2 Å². The van der Waals surface area contributed by atoms with Crippen molar-refractivity contribution in [3.8, 4) is 5.75 Å². The molecule has 2 nitrogen and oxygen atoms in total. The number of hydrogen-bond acceptors (Lipinski definition) is 2. The average Bonchev–Trinajstić information content (AvgIpc) is 3.17. The molecular weight excluding hydrogens is 255 g/mol. The lowest BCUT2D eigenvalue weighted by Crippen LogP contribution is -2.21. The SMILES string of the molecule is C=C(CNC1CC1)COc1ccc(C(F)(F)F)cc1. The van der Waals surface area contributed by atoms with Crippen LogP contribution in [-0.2, 0) is 6.18 Å². The third kappa shape index (κ3) is 4.59. The maximum Gasteiger partial charge on any atom is 0.416 e. The summed E-state index contributed by atoms with van der Waals surface area (Å²) in [5, 5.41) is 3.29. The Morgan fingerprint density at radius 2 is 1.89 bits per heavy atom. The Morgan fingerprint density at radius 3 is 2.42 bits per heavy atom. The molecule has 0 spiro atoms. The number of benzene rings is 1. The molecule has 1 fully saturated rings. The van der Waals surface area contributed by atoms with Crippen LogP contribution in [0.1, 0.15) is 18.4 Å². The molecule has 1 aliphatic rings. The third-order valence-corrected chi connectivity index (χ3v) is 2.84. The second kappa shape index (κ2) is 5.65. The molecule has 1 saturated carbocycles. The van der Waals surface area contributed by atoms with Crippen molar-refractivity contribution in [1.29, 1.82) is 0 Å². The molecule has 0 radical (unpaired) electrons. The van der Waals surface area contributed by atoms with Crippen molar-refractivity contribution in [2.45, 2.75) is 25.1 Å². The zero-order chi connectivity index (χ0) is 13.9. The minimum atomic E-state index is -4.31. The first-order valence-corrected chi connectivity index (χ1v) is 6.15. The van der Waals surface area contributed by atoms with Crippen molar-refractivity contribution >= 4 is 0 Å². The maximum atomic E-state index is 12.4. The number of halogens is 3. The van der Waals surface area contributed by atoms with Crippen molar-refractivity contribution in [1.82, 2.24) is 5.32 Å². The Morgan fingerprint density at radius 1 is 1.26 bits per heavy atom. The largest absolute Gasteiger partial charge is 0.489 e. The van der Waals surface area contributed by atoms with E-state index in [1.54, 1.807) is 0 Å². The Bertz CT molecular complexity index is 435. The third-order valence-electron chi connectivity index (χ3n) is 2.84. The van der Waals surface area contributed by atoms with Crippen LogP contribution in [0.25, 0.3) is 0 Å². The Hall–Kier alpha value is -1.49. The molecule has 0 aliphatic heterocycles. The first kappa shape index (κ1) is 13.9. The summed E-state index contributed by atoms with van der Waals surface area (Å²) in [5.41, 5.74) is 0.209. The summed E-state index contributed by atoms with van der Waals surface area (Å²) in [6.45, 7) is 4.86. The number of alkyl halides is 3. The molecule has 0 heterocycles. The van der Waals surface area contributed by atoms with Crippen LogP contribution in [0.2, 0.25) is 0 Å². The van der Waals surface area contributed by atoms with Gasteiger partial charge in [-0.25, -0.2) is 0 Å². The summed E-state index contributed by atoms with van der Waals surface area (Å²) in [4.78, 5) is 0. The predicted octanol–water partition coefficient (Wildman–Crippen LogP) is 3.39. The lowest BCUT2D eigenvalue weighted by atomic mass is 10.2. The summed E-state index contributed by atoms with van der Waals surface area (Å²) in [5.74, 6) is 0.417. The fourth-order valence-corrected chi connectivity index (χ4v) is 1.55. The standard InChI is InChI=1S/C14H16F3NO/c1-10(8-18-12-4-5-12)9-19-13-6-2-11(3-7-13)14(15,16)17/h2-3,6-7,12,18H,1,4-5,8-9H2. The normalized spacial score (nSPS) is 15.3. The van der Waals surface area contributed by atoms with Crippen LogP contribution in [0.15, 0.2) is 36.4 Å². The first-order chi connectivity index (χ1) is 8.95. The van der Waals surface area contributed by atoms with E-state index >= 15 is 0 Å².